The van der Waals surface area contributed by atoms with E-state index in [9.17, 15) is 0 Å². The molecule has 34 heavy (non-hydrogen) atoms. The highest BCUT2D eigenvalue weighted by molar-refractivity contribution is 5.66. The Labute approximate surface area is 204 Å². The molecule has 0 amide bonds. The molecule has 0 saturated carbocycles. The summed E-state index contributed by atoms with van der Waals surface area (Å²) in [4.78, 5) is 15.7. The predicted molar refractivity (Wildman–Crippen MR) is 142 cm³/mol. The maximum atomic E-state index is 5.31. The zero-order chi connectivity index (χ0) is 22.7. The first kappa shape index (κ1) is 22.2. The highest BCUT2D eigenvalue weighted by atomic mass is 15.1. The van der Waals surface area contributed by atoms with Gasteiger partial charge in [0.05, 0.1) is 12.1 Å². The maximum absolute atomic E-state index is 5.31. The molecule has 5 aliphatic rings. The Morgan fingerprint density at radius 2 is 0.912 bits per heavy atom. The van der Waals surface area contributed by atoms with Crippen LogP contribution in [-0.2, 0) is 0 Å². The lowest BCUT2D eigenvalue weighted by molar-refractivity contribution is 0.259. The smallest absolute Gasteiger partial charge is 0.0837 e. The van der Waals surface area contributed by atoms with Crippen LogP contribution in [0.1, 0.15) is 72.6 Å². The standard InChI is InChI=1S/C30H38N4/c1-7-17-33(18-8-1)21-15-31-29-27-23-11-3-5-13-25(23)28(26-14-6-4-12-24(26)27)30(29)32-16-22-34-19-9-2-10-20-34/h3-6,11-16,27-30H,1-2,7-10,17-22H2/t27?,28?,29-,30-/m1/s1. The molecule has 2 heterocycles. The van der Waals surface area contributed by atoms with E-state index in [1.54, 1.807) is 0 Å². The van der Waals surface area contributed by atoms with Gasteiger partial charge in [0.2, 0.25) is 0 Å². The first-order chi connectivity index (χ1) is 16.9. The SMILES string of the molecule is C(CN1CCCCC1)=N[C@@H]1C2c3ccccc3C(c3ccccc32)[C@H]1N=CCN1CCCCC1. The van der Waals surface area contributed by atoms with Gasteiger partial charge < -0.3 is 0 Å². The van der Waals surface area contributed by atoms with Crippen molar-refractivity contribution in [3.05, 3.63) is 70.8 Å². The Bertz CT molecular complexity index is 902. The molecular weight excluding hydrogens is 416 g/mol. The van der Waals surface area contributed by atoms with Crippen molar-refractivity contribution in [1.29, 1.82) is 0 Å². The van der Waals surface area contributed by atoms with Crippen molar-refractivity contribution in [3.8, 4) is 0 Å². The lowest BCUT2D eigenvalue weighted by atomic mass is 9.59. The number of hydrogen-bond acceptors (Lipinski definition) is 4. The van der Waals surface area contributed by atoms with Crippen LogP contribution in [-0.4, -0.2) is 73.6 Å². The van der Waals surface area contributed by atoms with Crippen molar-refractivity contribution >= 4 is 12.4 Å². The topological polar surface area (TPSA) is 31.2 Å². The summed E-state index contributed by atoms with van der Waals surface area (Å²) in [6.07, 6.45) is 12.5. The second-order valence-electron chi connectivity index (χ2n) is 10.6. The molecule has 2 aromatic carbocycles. The van der Waals surface area contributed by atoms with Gasteiger partial charge in [0.15, 0.2) is 0 Å². The minimum atomic E-state index is 0.178. The van der Waals surface area contributed by atoms with Crippen molar-refractivity contribution in [3.63, 3.8) is 0 Å². The zero-order valence-electron chi connectivity index (χ0n) is 20.4. The fraction of sp³-hybridized carbons (Fsp3) is 0.533. The van der Waals surface area contributed by atoms with Gasteiger partial charge in [-0.05, 0) is 74.1 Å². The number of fused-ring (bicyclic) bond motifs is 1. The molecule has 2 bridgehead atoms. The summed E-state index contributed by atoms with van der Waals surface area (Å²) in [5.74, 6) is 0.597. The normalized spacial score (nSPS) is 29.5. The van der Waals surface area contributed by atoms with Gasteiger partial charge in [-0.2, -0.15) is 0 Å². The van der Waals surface area contributed by atoms with Crippen molar-refractivity contribution in [1.82, 2.24) is 9.80 Å². The first-order valence-corrected chi connectivity index (χ1v) is 13.6. The van der Waals surface area contributed by atoms with E-state index in [1.807, 2.05) is 0 Å². The third kappa shape index (κ3) is 4.27. The Morgan fingerprint density at radius 1 is 0.559 bits per heavy atom. The van der Waals surface area contributed by atoms with Gasteiger partial charge in [-0.15, -0.1) is 0 Å². The summed E-state index contributed by atoms with van der Waals surface area (Å²) >= 11 is 0. The minimum Gasteiger partial charge on any atom is -0.298 e. The molecule has 0 unspecified atom stereocenters. The van der Waals surface area contributed by atoms with Crippen LogP contribution in [0, 0.1) is 0 Å². The van der Waals surface area contributed by atoms with Gasteiger partial charge in [0, 0.05) is 37.4 Å². The molecule has 7 rings (SSSR count). The number of nitrogens with zero attached hydrogens (tertiary/aromatic N) is 4. The van der Waals surface area contributed by atoms with Crippen LogP contribution in [0.25, 0.3) is 0 Å². The Hall–Kier alpha value is -2.30. The molecule has 2 atom stereocenters. The highest BCUT2D eigenvalue weighted by Crippen LogP contribution is 2.54. The number of likely N-dealkylation sites (tertiary alicyclic amines) is 2. The van der Waals surface area contributed by atoms with Crippen LogP contribution < -0.4 is 0 Å². The lowest BCUT2D eigenvalue weighted by Gasteiger charge is -2.47. The molecule has 0 aromatic heterocycles. The number of rotatable bonds is 6. The van der Waals surface area contributed by atoms with Crippen molar-refractivity contribution in [2.24, 2.45) is 9.98 Å². The van der Waals surface area contributed by atoms with Crippen molar-refractivity contribution in [2.45, 2.75) is 62.4 Å². The van der Waals surface area contributed by atoms with E-state index in [1.165, 1.54) is 87.0 Å². The van der Waals surface area contributed by atoms with Gasteiger partial charge >= 0.3 is 0 Å². The second-order valence-corrected chi connectivity index (χ2v) is 10.6. The van der Waals surface area contributed by atoms with E-state index < -0.39 is 0 Å². The molecule has 4 heteroatoms. The Kier molecular flexibility index (Phi) is 6.61. The van der Waals surface area contributed by atoms with E-state index >= 15 is 0 Å². The van der Waals surface area contributed by atoms with Gasteiger partial charge in [-0.1, -0.05) is 61.4 Å². The van der Waals surface area contributed by atoms with Crippen LogP contribution in [0.2, 0.25) is 0 Å². The van der Waals surface area contributed by atoms with Crippen LogP contribution in [0.15, 0.2) is 58.5 Å². The summed E-state index contributed by atoms with van der Waals surface area (Å²) < 4.78 is 0. The Morgan fingerprint density at radius 3 is 1.26 bits per heavy atom. The van der Waals surface area contributed by atoms with E-state index in [-0.39, 0.29) is 12.1 Å². The molecular formula is C30H38N4. The van der Waals surface area contributed by atoms with Crippen LogP contribution in [0.4, 0.5) is 0 Å². The average Bonchev–Trinajstić information content (AvgIpc) is 2.90. The van der Waals surface area contributed by atoms with E-state index in [2.05, 4.69) is 70.8 Å². The Balaban J connectivity index is 1.32. The first-order valence-electron chi connectivity index (χ1n) is 13.6. The lowest BCUT2D eigenvalue weighted by Crippen LogP contribution is -2.46. The van der Waals surface area contributed by atoms with Gasteiger partial charge in [0.25, 0.3) is 0 Å². The van der Waals surface area contributed by atoms with Gasteiger partial charge in [-0.25, -0.2) is 0 Å². The van der Waals surface area contributed by atoms with Crippen LogP contribution in [0.3, 0.4) is 0 Å². The van der Waals surface area contributed by atoms with E-state index in [0.29, 0.717) is 11.8 Å². The second kappa shape index (κ2) is 10.1. The fourth-order valence-electron chi connectivity index (χ4n) is 6.82. The molecule has 178 valence electrons. The summed E-state index contributed by atoms with van der Waals surface area (Å²) in [5.41, 5.74) is 5.87. The number of piperidine rings is 2. The molecule has 0 spiro atoms. The molecule has 4 nitrogen and oxygen atoms in total. The number of benzene rings is 2. The molecule has 2 saturated heterocycles. The summed E-state index contributed by atoms with van der Waals surface area (Å²) in [6, 6.07) is 18.5. The average molecular weight is 455 g/mol. The van der Waals surface area contributed by atoms with Crippen molar-refractivity contribution < 1.29 is 0 Å². The molecule has 2 aliphatic heterocycles. The van der Waals surface area contributed by atoms with Gasteiger partial charge in [-0.3, -0.25) is 19.8 Å². The maximum Gasteiger partial charge on any atom is 0.0837 e. The van der Waals surface area contributed by atoms with Gasteiger partial charge in [0.1, 0.15) is 0 Å². The summed E-state index contributed by atoms with van der Waals surface area (Å²) in [5, 5.41) is 0. The number of hydrogen-bond donors (Lipinski definition) is 0. The van der Waals surface area contributed by atoms with Crippen LogP contribution >= 0.6 is 0 Å². The highest BCUT2D eigenvalue weighted by Gasteiger charge is 2.49. The largest absolute Gasteiger partial charge is 0.298 e. The van der Waals surface area contributed by atoms with Crippen molar-refractivity contribution in [2.75, 3.05) is 39.3 Å². The summed E-state index contributed by atoms with van der Waals surface area (Å²) in [6.45, 7) is 6.80. The quantitative estimate of drug-likeness (QED) is 0.567. The predicted octanol–water partition coefficient (Wildman–Crippen LogP) is 5.13. The molecule has 0 N–H and O–H groups in total. The molecule has 0 radical (unpaired) electrons. The fourth-order valence-corrected chi connectivity index (χ4v) is 6.82. The summed E-state index contributed by atoms with van der Waals surface area (Å²) in [7, 11) is 0. The molecule has 2 aromatic rings. The van der Waals surface area contributed by atoms with E-state index in [0.717, 1.165) is 13.1 Å². The van der Waals surface area contributed by atoms with Crippen LogP contribution in [0.5, 0.6) is 0 Å². The third-order valence-corrected chi connectivity index (χ3v) is 8.50. The monoisotopic (exact) mass is 454 g/mol. The number of aliphatic imine (C=N–C) groups is 2. The minimum absolute atomic E-state index is 0.178. The zero-order valence-corrected chi connectivity index (χ0v) is 20.4. The third-order valence-electron chi connectivity index (χ3n) is 8.50. The molecule has 3 aliphatic carbocycles. The molecule has 2 fully saturated rings. The van der Waals surface area contributed by atoms with E-state index in [4.69, 9.17) is 9.98 Å².